The Morgan fingerprint density at radius 3 is 2.52 bits per heavy atom. The highest BCUT2D eigenvalue weighted by molar-refractivity contribution is 5.89. The number of nitrogens with one attached hydrogen (secondary N) is 1. The zero-order chi connectivity index (χ0) is 22.6. The van der Waals surface area contributed by atoms with E-state index in [1.54, 1.807) is 36.1 Å². The number of carbonyl (C=O) groups excluding carboxylic acids is 1. The Morgan fingerprint density at radius 1 is 1.26 bits per heavy atom. The monoisotopic (exact) mass is 428 g/mol. The van der Waals surface area contributed by atoms with E-state index in [-0.39, 0.29) is 30.1 Å². The third-order valence-electron chi connectivity index (χ3n) is 6.17. The summed E-state index contributed by atoms with van der Waals surface area (Å²) in [6.45, 7) is 4.25. The number of hydrogen-bond donors (Lipinski definition) is 3. The largest absolute Gasteiger partial charge is 0.478 e. The van der Waals surface area contributed by atoms with Gasteiger partial charge >= 0.3 is 12.0 Å². The molecule has 1 aliphatic rings. The second-order valence-electron chi connectivity index (χ2n) is 8.09. The van der Waals surface area contributed by atoms with E-state index in [0.29, 0.717) is 37.8 Å². The van der Waals surface area contributed by atoms with E-state index in [2.05, 4.69) is 5.32 Å². The van der Waals surface area contributed by atoms with Gasteiger partial charge in [-0.05, 0) is 67.5 Å². The Kier molecular flexibility index (Phi) is 6.95. The summed E-state index contributed by atoms with van der Waals surface area (Å²) in [7, 11) is 0. The van der Waals surface area contributed by atoms with Crippen LogP contribution in [0.2, 0.25) is 0 Å². The summed E-state index contributed by atoms with van der Waals surface area (Å²) in [5.74, 6) is -1.31. The number of amides is 2. The molecule has 1 aliphatic heterocycles. The van der Waals surface area contributed by atoms with Gasteiger partial charge in [-0.1, -0.05) is 31.2 Å². The van der Waals surface area contributed by atoms with Crippen molar-refractivity contribution in [1.82, 2.24) is 10.2 Å². The molecule has 166 valence electrons. The van der Waals surface area contributed by atoms with Crippen LogP contribution >= 0.6 is 0 Å². The normalized spacial score (nSPS) is 19.7. The average molecular weight is 429 g/mol. The summed E-state index contributed by atoms with van der Waals surface area (Å²) in [6.07, 6.45) is 2.37. The fourth-order valence-corrected chi connectivity index (χ4v) is 4.52. The lowest BCUT2D eigenvalue weighted by atomic mass is 9.80. The van der Waals surface area contributed by atoms with Crippen molar-refractivity contribution in [3.8, 4) is 0 Å². The summed E-state index contributed by atoms with van der Waals surface area (Å²) < 4.78 is 13.4. The number of benzene rings is 2. The quantitative estimate of drug-likeness (QED) is 0.583. The number of carboxylic acids is 1. The zero-order valence-corrected chi connectivity index (χ0v) is 17.9. The van der Waals surface area contributed by atoms with Crippen molar-refractivity contribution in [2.75, 3.05) is 13.2 Å². The molecule has 2 aromatic carbocycles. The number of hydrogen-bond acceptors (Lipinski definition) is 3. The molecule has 0 radical (unpaired) electrons. The van der Waals surface area contributed by atoms with Crippen LogP contribution in [0.25, 0.3) is 0 Å². The Morgan fingerprint density at radius 2 is 1.97 bits per heavy atom. The first-order chi connectivity index (χ1) is 14.8. The highest BCUT2D eigenvalue weighted by Crippen LogP contribution is 2.37. The van der Waals surface area contributed by atoms with E-state index < -0.39 is 11.5 Å². The van der Waals surface area contributed by atoms with Crippen LogP contribution in [0, 0.1) is 12.7 Å². The molecule has 0 aromatic heterocycles. The highest BCUT2D eigenvalue weighted by atomic mass is 19.1. The molecule has 2 unspecified atom stereocenters. The molecular formula is C24H29FN2O4. The zero-order valence-electron chi connectivity index (χ0n) is 17.9. The van der Waals surface area contributed by atoms with E-state index in [1.807, 2.05) is 13.0 Å². The van der Waals surface area contributed by atoms with Crippen molar-refractivity contribution >= 4 is 12.0 Å². The van der Waals surface area contributed by atoms with Gasteiger partial charge in [-0.25, -0.2) is 14.0 Å². The van der Waals surface area contributed by atoms with Gasteiger partial charge in [0.05, 0.1) is 17.1 Å². The third kappa shape index (κ3) is 4.71. The van der Waals surface area contributed by atoms with Gasteiger partial charge in [0.15, 0.2) is 0 Å². The SMILES string of the molecule is CCC(c1ccc(C(=O)O)c(C)c1)N1CCC(CCCO)(c2ccc(F)cc2)NC1=O. The Labute approximate surface area is 181 Å². The molecule has 3 N–H and O–H groups in total. The summed E-state index contributed by atoms with van der Waals surface area (Å²) in [5.41, 5.74) is 1.96. The Hall–Kier alpha value is -2.93. The number of aromatic carboxylic acids is 1. The number of aryl methyl sites for hydroxylation is 1. The number of aliphatic hydroxyl groups excluding tert-OH is 1. The predicted octanol–water partition coefficient (Wildman–Crippen LogP) is 4.37. The molecule has 1 saturated heterocycles. The fraction of sp³-hybridized carbons (Fsp3) is 0.417. The second-order valence-corrected chi connectivity index (χ2v) is 8.09. The van der Waals surface area contributed by atoms with Crippen LogP contribution in [0.1, 0.15) is 65.7 Å². The Bertz CT molecular complexity index is 947. The molecular weight excluding hydrogens is 399 g/mol. The fourth-order valence-electron chi connectivity index (χ4n) is 4.52. The van der Waals surface area contributed by atoms with E-state index in [9.17, 15) is 24.2 Å². The highest BCUT2D eigenvalue weighted by Gasteiger charge is 2.41. The molecule has 0 spiro atoms. The van der Waals surface area contributed by atoms with E-state index in [4.69, 9.17) is 0 Å². The molecule has 2 amide bonds. The van der Waals surface area contributed by atoms with Gasteiger partial charge in [0.25, 0.3) is 0 Å². The second kappa shape index (κ2) is 9.47. The summed E-state index contributed by atoms with van der Waals surface area (Å²) in [6, 6.07) is 10.9. The van der Waals surface area contributed by atoms with Crippen molar-refractivity contribution in [2.24, 2.45) is 0 Å². The maximum atomic E-state index is 13.4. The van der Waals surface area contributed by atoms with Gasteiger partial charge in [-0.15, -0.1) is 0 Å². The number of carbonyl (C=O) groups is 2. The molecule has 0 aliphatic carbocycles. The first kappa shape index (κ1) is 22.7. The molecule has 6 nitrogen and oxygen atoms in total. The van der Waals surface area contributed by atoms with Crippen molar-refractivity contribution in [2.45, 2.75) is 51.1 Å². The average Bonchev–Trinajstić information content (AvgIpc) is 2.74. The topological polar surface area (TPSA) is 89.9 Å². The number of aliphatic hydroxyl groups is 1. The molecule has 2 atom stereocenters. The molecule has 1 fully saturated rings. The predicted molar refractivity (Wildman–Crippen MR) is 115 cm³/mol. The van der Waals surface area contributed by atoms with Gasteiger partial charge < -0.3 is 20.4 Å². The third-order valence-corrected chi connectivity index (χ3v) is 6.17. The molecule has 3 rings (SSSR count). The van der Waals surface area contributed by atoms with Crippen LogP contribution in [0.4, 0.5) is 9.18 Å². The van der Waals surface area contributed by atoms with Crippen LogP contribution in [-0.2, 0) is 5.54 Å². The first-order valence-electron chi connectivity index (χ1n) is 10.6. The van der Waals surface area contributed by atoms with E-state index in [0.717, 1.165) is 11.1 Å². The van der Waals surface area contributed by atoms with Crippen LogP contribution in [0.15, 0.2) is 42.5 Å². The first-order valence-corrected chi connectivity index (χ1v) is 10.6. The number of halogens is 1. The van der Waals surface area contributed by atoms with Gasteiger partial charge in [0, 0.05) is 13.2 Å². The van der Waals surface area contributed by atoms with E-state index >= 15 is 0 Å². The minimum absolute atomic E-state index is 0.00924. The number of nitrogens with zero attached hydrogens (tertiary/aromatic N) is 1. The number of carboxylic acid groups (broad SMARTS) is 1. The van der Waals surface area contributed by atoms with Crippen LogP contribution in [-0.4, -0.2) is 40.3 Å². The molecule has 2 aromatic rings. The van der Waals surface area contributed by atoms with Gasteiger partial charge in [-0.3, -0.25) is 0 Å². The number of urea groups is 1. The lowest BCUT2D eigenvalue weighted by Gasteiger charge is -2.45. The molecule has 31 heavy (non-hydrogen) atoms. The standard InChI is InChI=1S/C24H29FN2O4/c1-3-21(17-5-10-20(22(29)30)16(2)15-17)27-13-12-24(11-4-14-28,26-23(27)31)18-6-8-19(25)9-7-18/h5-10,15,21,28H,3-4,11-14H2,1-2H3,(H,26,31)(H,29,30). The number of rotatable bonds is 8. The minimum atomic E-state index is -0.972. The van der Waals surface area contributed by atoms with Crippen LogP contribution in [0.5, 0.6) is 0 Å². The molecule has 1 heterocycles. The van der Waals surface area contributed by atoms with Crippen molar-refractivity contribution in [1.29, 1.82) is 0 Å². The molecule has 0 saturated carbocycles. The van der Waals surface area contributed by atoms with Crippen LogP contribution < -0.4 is 5.32 Å². The Balaban J connectivity index is 1.87. The molecule has 0 bridgehead atoms. The van der Waals surface area contributed by atoms with Crippen molar-refractivity contribution in [3.63, 3.8) is 0 Å². The minimum Gasteiger partial charge on any atom is -0.478 e. The van der Waals surface area contributed by atoms with Crippen LogP contribution in [0.3, 0.4) is 0 Å². The van der Waals surface area contributed by atoms with Gasteiger partial charge in [-0.2, -0.15) is 0 Å². The summed E-state index contributed by atoms with van der Waals surface area (Å²) in [4.78, 5) is 26.3. The summed E-state index contributed by atoms with van der Waals surface area (Å²) in [5, 5.41) is 21.8. The molecule has 7 heteroatoms. The maximum Gasteiger partial charge on any atom is 0.335 e. The van der Waals surface area contributed by atoms with Gasteiger partial charge in [0.1, 0.15) is 5.82 Å². The van der Waals surface area contributed by atoms with Gasteiger partial charge in [0.2, 0.25) is 0 Å². The lowest BCUT2D eigenvalue weighted by Crippen LogP contribution is -2.58. The van der Waals surface area contributed by atoms with Crippen molar-refractivity contribution < 1.29 is 24.2 Å². The van der Waals surface area contributed by atoms with E-state index in [1.165, 1.54) is 12.1 Å². The lowest BCUT2D eigenvalue weighted by molar-refractivity contribution is 0.0695. The van der Waals surface area contributed by atoms with Crippen molar-refractivity contribution in [3.05, 3.63) is 70.5 Å². The maximum absolute atomic E-state index is 13.4. The summed E-state index contributed by atoms with van der Waals surface area (Å²) >= 11 is 0. The smallest absolute Gasteiger partial charge is 0.335 e.